The Labute approximate surface area is 191 Å². The van der Waals surface area contributed by atoms with Crippen LogP contribution in [-0.2, 0) is 4.74 Å². The van der Waals surface area contributed by atoms with Crippen LogP contribution in [0.1, 0.15) is 39.7 Å². The van der Waals surface area contributed by atoms with Crippen LogP contribution >= 0.6 is 11.6 Å². The van der Waals surface area contributed by atoms with E-state index in [4.69, 9.17) is 20.8 Å². The van der Waals surface area contributed by atoms with E-state index in [1.54, 1.807) is 23.1 Å². The van der Waals surface area contributed by atoms with Crippen molar-refractivity contribution in [1.82, 2.24) is 9.80 Å². The van der Waals surface area contributed by atoms with E-state index in [1.165, 1.54) is 0 Å². The lowest BCUT2D eigenvalue weighted by atomic mass is 9.98. The maximum Gasteiger partial charge on any atom is 0.290 e. The topological polar surface area (TPSA) is 63.0 Å². The Morgan fingerprint density at radius 1 is 1.03 bits per heavy atom. The molecule has 0 bridgehead atoms. The fourth-order valence-corrected chi connectivity index (χ4v) is 4.77. The summed E-state index contributed by atoms with van der Waals surface area (Å²) in [6, 6.07) is 12.3. The van der Waals surface area contributed by atoms with Crippen molar-refractivity contribution in [2.24, 2.45) is 0 Å². The summed E-state index contributed by atoms with van der Waals surface area (Å²) in [6.07, 6.45) is 0.802. The molecule has 0 saturated carbocycles. The lowest BCUT2D eigenvalue weighted by Gasteiger charge is -2.29. The van der Waals surface area contributed by atoms with Gasteiger partial charge in [0.25, 0.3) is 5.91 Å². The van der Waals surface area contributed by atoms with Crippen molar-refractivity contribution in [3.8, 4) is 0 Å². The van der Waals surface area contributed by atoms with Gasteiger partial charge in [-0.3, -0.25) is 14.5 Å². The van der Waals surface area contributed by atoms with E-state index in [9.17, 15) is 9.59 Å². The Bertz CT molecular complexity index is 1220. The number of aryl methyl sites for hydroxylation is 1. The van der Waals surface area contributed by atoms with Gasteiger partial charge in [-0.2, -0.15) is 0 Å². The first-order chi connectivity index (χ1) is 15.5. The predicted octanol–water partition coefficient (Wildman–Crippen LogP) is 4.02. The Morgan fingerprint density at radius 2 is 1.78 bits per heavy atom. The van der Waals surface area contributed by atoms with Crippen LogP contribution < -0.4 is 5.43 Å². The van der Waals surface area contributed by atoms with Gasteiger partial charge in [0.2, 0.25) is 5.76 Å². The maximum atomic E-state index is 13.5. The van der Waals surface area contributed by atoms with E-state index in [2.05, 4.69) is 4.90 Å². The minimum absolute atomic E-state index is 0.145. The summed E-state index contributed by atoms with van der Waals surface area (Å²) in [7, 11) is 0. The van der Waals surface area contributed by atoms with Crippen molar-refractivity contribution in [2.45, 2.75) is 19.4 Å². The van der Waals surface area contributed by atoms with Crippen LogP contribution in [0.4, 0.5) is 0 Å². The van der Waals surface area contributed by atoms with Gasteiger partial charge in [0.15, 0.2) is 5.43 Å². The predicted molar refractivity (Wildman–Crippen MR) is 123 cm³/mol. The van der Waals surface area contributed by atoms with E-state index in [0.717, 1.165) is 50.4 Å². The molecule has 2 aromatic carbocycles. The summed E-state index contributed by atoms with van der Waals surface area (Å²) >= 11 is 6.10. The Morgan fingerprint density at radius 3 is 2.53 bits per heavy atom. The fourth-order valence-electron chi connectivity index (χ4n) is 4.65. The molecule has 6 nitrogen and oxygen atoms in total. The van der Waals surface area contributed by atoms with Gasteiger partial charge in [-0.1, -0.05) is 35.4 Å². The molecular weight excluding hydrogens is 428 g/mol. The summed E-state index contributed by atoms with van der Waals surface area (Å²) in [6.45, 7) is 6.63. The second kappa shape index (κ2) is 8.70. The van der Waals surface area contributed by atoms with Crippen LogP contribution in [0, 0.1) is 6.92 Å². The van der Waals surface area contributed by atoms with Gasteiger partial charge < -0.3 is 14.1 Å². The summed E-state index contributed by atoms with van der Waals surface area (Å²) in [5.74, 6) is -0.0841. The van der Waals surface area contributed by atoms with E-state index in [1.807, 2.05) is 31.2 Å². The number of morpholine rings is 1. The number of nitrogens with zero attached hydrogens (tertiary/aromatic N) is 2. The van der Waals surface area contributed by atoms with Gasteiger partial charge in [0, 0.05) is 31.2 Å². The summed E-state index contributed by atoms with van der Waals surface area (Å²) in [5.41, 5.74) is 2.54. The van der Waals surface area contributed by atoms with Crippen molar-refractivity contribution in [2.75, 3.05) is 39.4 Å². The number of carbonyl (C=O) groups is 1. The number of carbonyl (C=O) groups excluding carboxylic acids is 1. The van der Waals surface area contributed by atoms with Crippen LogP contribution in [0.15, 0.2) is 51.7 Å². The minimum atomic E-state index is -0.486. The molecule has 2 aliphatic heterocycles. The Balaban J connectivity index is 1.53. The van der Waals surface area contributed by atoms with Crippen LogP contribution in [0.3, 0.4) is 0 Å². The quantitative estimate of drug-likeness (QED) is 0.585. The van der Waals surface area contributed by atoms with Crippen LogP contribution in [-0.4, -0.2) is 55.1 Å². The van der Waals surface area contributed by atoms with Crippen LogP contribution in [0.5, 0.6) is 0 Å². The largest absolute Gasteiger partial charge is 0.450 e. The second-order valence-electron chi connectivity index (χ2n) is 8.43. The van der Waals surface area contributed by atoms with Crippen LogP contribution in [0.25, 0.3) is 11.0 Å². The highest BCUT2D eigenvalue weighted by molar-refractivity contribution is 6.30. The second-order valence-corrected chi connectivity index (χ2v) is 8.87. The van der Waals surface area contributed by atoms with E-state index in [-0.39, 0.29) is 17.1 Å². The number of fused-ring (bicyclic) bond motifs is 2. The van der Waals surface area contributed by atoms with E-state index < -0.39 is 6.04 Å². The highest BCUT2D eigenvalue weighted by Gasteiger charge is 2.42. The van der Waals surface area contributed by atoms with Crippen molar-refractivity contribution in [3.05, 3.63) is 80.2 Å². The Hall–Kier alpha value is -2.67. The smallest absolute Gasteiger partial charge is 0.290 e. The van der Waals surface area contributed by atoms with E-state index in [0.29, 0.717) is 28.1 Å². The third-order valence-corrected chi connectivity index (χ3v) is 6.54. The summed E-state index contributed by atoms with van der Waals surface area (Å²) in [5, 5.41) is 1.11. The van der Waals surface area contributed by atoms with Gasteiger partial charge in [-0.15, -0.1) is 0 Å². The maximum absolute atomic E-state index is 13.5. The first kappa shape index (κ1) is 21.2. The number of halogens is 1. The monoisotopic (exact) mass is 452 g/mol. The molecule has 1 fully saturated rings. The molecule has 0 radical (unpaired) electrons. The number of amides is 1. The van der Waals surface area contributed by atoms with Gasteiger partial charge in [0.05, 0.1) is 30.2 Å². The molecule has 0 aliphatic carbocycles. The first-order valence-corrected chi connectivity index (χ1v) is 11.3. The molecule has 3 aromatic rings. The molecule has 1 amide bonds. The number of hydrogen-bond acceptors (Lipinski definition) is 5. The molecule has 2 aliphatic rings. The summed E-state index contributed by atoms with van der Waals surface area (Å²) < 4.78 is 11.4. The molecule has 0 N–H and O–H groups in total. The van der Waals surface area contributed by atoms with Crippen molar-refractivity contribution in [3.63, 3.8) is 0 Å². The number of rotatable bonds is 5. The van der Waals surface area contributed by atoms with Crippen molar-refractivity contribution in [1.29, 1.82) is 0 Å². The number of ether oxygens (including phenoxy) is 1. The highest BCUT2D eigenvalue weighted by Crippen LogP contribution is 2.38. The van der Waals surface area contributed by atoms with Gasteiger partial charge >= 0.3 is 0 Å². The molecular formula is C25H25ClN2O4. The number of hydrogen-bond donors (Lipinski definition) is 0. The standard InChI is InChI=1S/C25H25ClN2O4/c1-16-3-8-20-19(15-16)23(29)21-22(17-4-6-18(26)7-5-17)28(25(30)24(21)32-20)10-2-9-27-11-13-31-14-12-27/h3-8,15,22H,2,9-14H2,1H3/t22-/m0/s1. The zero-order valence-electron chi connectivity index (χ0n) is 18.0. The number of benzene rings is 2. The molecule has 3 heterocycles. The van der Waals surface area contributed by atoms with Gasteiger partial charge in [0.1, 0.15) is 5.58 Å². The zero-order valence-corrected chi connectivity index (χ0v) is 18.7. The lowest BCUT2D eigenvalue weighted by molar-refractivity contribution is 0.0353. The van der Waals surface area contributed by atoms with Crippen molar-refractivity contribution >= 4 is 28.5 Å². The SMILES string of the molecule is Cc1ccc2oc3c(c(=O)c2c1)[C@H](c1ccc(Cl)cc1)N(CCCN1CCOCC1)C3=O. The minimum Gasteiger partial charge on any atom is -0.450 e. The lowest BCUT2D eigenvalue weighted by Crippen LogP contribution is -2.38. The average Bonchev–Trinajstić information content (AvgIpc) is 3.08. The normalized spacial score (nSPS) is 19.0. The van der Waals surface area contributed by atoms with Gasteiger partial charge in [-0.05, 0) is 43.2 Å². The van der Waals surface area contributed by atoms with Gasteiger partial charge in [-0.25, -0.2) is 0 Å². The van der Waals surface area contributed by atoms with E-state index >= 15 is 0 Å². The average molecular weight is 453 g/mol. The summed E-state index contributed by atoms with van der Waals surface area (Å²) in [4.78, 5) is 31.1. The molecule has 0 unspecified atom stereocenters. The highest BCUT2D eigenvalue weighted by atomic mass is 35.5. The zero-order chi connectivity index (χ0) is 22.2. The van der Waals surface area contributed by atoms with Crippen molar-refractivity contribution < 1.29 is 13.9 Å². The molecule has 1 saturated heterocycles. The third kappa shape index (κ3) is 3.83. The first-order valence-electron chi connectivity index (χ1n) is 11.0. The molecule has 166 valence electrons. The molecule has 1 atom stereocenters. The Kier molecular flexibility index (Phi) is 5.76. The molecule has 1 aromatic heterocycles. The molecule has 5 rings (SSSR count). The van der Waals surface area contributed by atoms with Crippen LogP contribution in [0.2, 0.25) is 5.02 Å². The fraction of sp³-hybridized carbons (Fsp3) is 0.360. The molecule has 7 heteroatoms. The molecule has 0 spiro atoms. The third-order valence-electron chi connectivity index (χ3n) is 6.28. The molecule has 32 heavy (non-hydrogen) atoms.